The summed E-state index contributed by atoms with van der Waals surface area (Å²) in [6, 6.07) is 4.44. The highest BCUT2D eigenvalue weighted by Gasteiger charge is 2.42. The van der Waals surface area contributed by atoms with Crippen LogP contribution in [0, 0.1) is 5.92 Å². The van der Waals surface area contributed by atoms with Gasteiger partial charge in [-0.25, -0.2) is 0 Å². The van der Waals surface area contributed by atoms with E-state index in [4.69, 9.17) is 5.73 Å². The van der Waals surface area contributed by atoms with Gasteiger partial charge in [0.15, 0.2) is 0 Å². The minimum absolute atomic E-state index is 0.153. The molecule has 1 fully saturated rings. The molecule has 0 aromatic carbocycles. The monoisotopic (exact) mass is 252 g/mol. The maximum absolute atomic E-state index is 6.58. The Morgan fingerprint density at radius 2 is 2.29 bits per heavy atom. The molecule has 0 amide bonds. The smallest absolute Gasteiger partial charge is 0.0576 e. The van der Waals surface area contributed by atoms with Gasteiger partial charge in [-0.05, 0) is 44.3 Å². The third kappa shape index (κ3) is 2.42. The standard InChI is InChI=1S/C14H24N2S/c1-11-6-4-8-14(10-11,16(2)3)13(15)12-7-5-9-17-12/h5,7,9,11,13H,4,6,8,10,15H2,1-3H3. The molecule has 0 aliphatic heterocycles. The lowest BCUT2D eigenvalue weighted by Crippen LogP contribution is -2.54. The van der Waals surface area contributed by atoms with E-state index in [1.807, 2.05) is 0 Å². The zero-order valence-electron chi connectivity index (χ0n) is 11.1. The predicted molar refractivity (Wildman–Crippen MR) is 75.3 cm³/mol. The molecule has 3 unspecified atom stereocenters. The summed E-state index contributed by atoms with van der Waals surface area (Å²) in [5.41, 5.74) is 6.74. The van der Waals surface area contributed by atoms with Gasteiger partial charge in [0.25, 0.3) is 0 Å². The molecule has 2 N–H and O–H groups in total. The molecule has 1 aliphatic carbocycles. The van der Waals surface area contributed by atoms with Crippen molar-refractivity contribution in [2.45, 2.75) is 44.2 Å². The van der Waals surface area contributed by atoms with Gasteiger partial charge >= 0.3 is 0 Å². The van der Waals surface area contributed by atoms with Crippen LogP contribution < -0.4 is 5.73 Å². The van der Waals surface area contributed by atoms with Crippen LogP contribution >= 0.6 is 11.3 Å². The summed E-state index contributed by atoms with van der Waals surface area (Å²) in [6.45, 7) is 2.36. The fourth-order valence-corrected chi connectivity index (χ4v) is 4.10. The minimum atomic E-state index is 0.153. The molecule has 1 aliphatic rings. The molecule has 0 spiro atoms. The number of nitrogens with two attached hydrogens (primary N) is 1. The van der Waals surface area contributed by atoms with Gasteiger partial charge in [0.1, 0.15) is 0 Å². The highest BCUT2D eigenvalue weighted by molar-refractivity contribution is 7.10. The molecule has 3 heteroatoms. The summed E-state index contributed by atoms with van der Waals surface area (Å²) in [6.07, 6.45) is 5.10. The molecule has 0 saturated heterocycles. The van der Waals surface area contributed by atoms with Gasteiger partial charge in [0.2, 0.25) is 0 Å². The molecule has 0 bridgehead atoms. The van der Waals surface area contributed by atoms with Gasteiger partial charge in [-0.1, -0.05) is 25.8 Å². The number of likely N-dealkylation sites (N-methyl/N-ethyl adjacent to an activating group) is 1. The molecule has 2 nitrogen and oxygen atoms in total. The second-order valence-corrected chi connectivity index (χ2v) is 6.67. The molecule has 1 aromatic rings. The van der Waals surface area contributed by atoms with E-state index in [2.05, 4.69) is 43.4 Å². The Hall–Kier alpha value is -0.380. The zero-order valence-corrected chi connectivity index (χ0v) is 12.0. The number of hydrogen-bond acceptors (Lipinski definition) is 3. The Morgan fingerprint density at radius 3 is 2.82 bits per heavy atom. The average molecular weight is 252 g/mol. The summed E-state index contributed by atoms with van der Waals surface area (Å²) in [5, 5.41) is 2.13. The van der Waals surface area contributed by atoms with Crippen LogP contribution in [0.5, 0.6) is 0 Å². The van der Waals surface area contributed by atoms with Gasteiger partial charge in [0.05, 0.1) is 6.04 Å². The number of rotatable bonds is 3. The van der Waals surface area contributed by atoms with E-state index in [-0.39, 0.29) is 11.6 Å². The first-order chi connectivity index (χ1) is 8.06. The van der Waals surface area contributed by atoms with Gasteiger partial charge in [-0.2, -0.15) is 0 Å². The van der Waals surface area contributed by atoms with E-state index in [1.165, 1.54) is 30.6 Å². The fraction of sp³-hybridized carbons (Fsp3) is 0.714. The normalized spacial score (nSPS) is 31.7. The fourth-order valence-electron chi connectivity index (χ4n) is 3.26. The van der Waals surface area contributed by atoms with Crippen molar-refractivity contribution in [3.8, 4) is 0 Å². The van der Waals surface area contributed by atoms with E-state index in [1.54, 1.807) is 11.3 Å². The predicted octanol–water partition coefficient (Wildman–Crippen LogP) is 3.26. The summed E-state index contributed by atoms with van der Waals surface area (Å²) < 4.78 is 0. The lowest BCUT2D eigenvalue weighted by molar-refractivity contribution is 0.0510. The van der Waals surface area contributed by atoms with Crippen LogP contribution in [0.3, 0.4) is 0 Å². The summed E-state index contributed by atoms with van der Waals surface area (Å²) >= 11 is 1.79. The first-order valence-corrected chi connectivity index (χ1v) is 7.40. The van der Waals surface area contributed by atoms with Crippen molar-refractivity contribution in [1.29, 1.82) is 0 Å². The maximum Gasteiger partial charge on any atom is 0.0576 e. The molecular weight excluding hydrogens is 228 g/mol. The number of nitrogens with zero attached hydrogens (tertiary/aromatic N) is 1. The van der Waals surface area contributed by atoms with E-state index in [9.17, 15) is 0 Å². The first kappa shape index (κ1) is 13.1. The number of hydrogen-bond donors (Lipinski definition) is 1. The van der Waals surface area contributed by atoms with E-state index in [0.29, 0.717) is 0 Å². The minimum Gasteiger partial charge on any atom is -0.322 e. The van der Waals surface area contributed by atoms with Crippen LogP contribution in [0.25, 0.3) is 0 Å². The summed E-state index contributed by atoms with van der Waals surface area (Å²) in [7, 11) is 4.37. The SMILES string of the molecule is CC1CCCC(C(N)c2cccs2)(N(C)C)C1. The second kappa shape index (κ2) is 5.09. The average Bonchev–Trinajstić information content (AvgIpc) is 2.81. The molecule has 1 aromatic heterocycles. The van der Waals surface area contributed by atoms with Gasteiger partial charge in [-0.15, -0.1) is 11.3 Å². The molecule has 0 radical (unpaired) electrons. The first-order valence-electron chi connectivity index (χ1n) is 6.52. The molecular formula is C14H24N2S. The van der Waals surface area contributed by atoms with E-state index in [0.717, 1.165) is 5.92 Å². The van der Waals surface area contributed by atoms with Gasteiger partial charge < -0.3 is 10.6 Å². The van der Waals surface area contributed by atoms with Crippen LogP contribution in [-0.2, 0) is 0 Å². The second-order valence-electron chi connectivity index (χ2n) is 5.69. The van der Waals surface area contributed by atoms with Gasteiger partial charge in [-0.3, -0.25) is 0 Å². The van der Waals surface area contributed by atoms with Crippen molar-refractivity contribution in [2.75, 3.05) is 14.1 Å². The lowest BCUT2D eigenvalue weighted by Gasteiger charge is -2.48. The number of thiophene rings is 1. The quantitative estimate of drug-likeness (QED) is 0.894. The van der Waals surface area contributed by atoms with Crippen LogP contribution in [0.1, 0.15) is 43.5 Å². The van der Waals surface area contributed by atoms with Crippen molar-refractivity contribution >= 4 is 11.3 Å². The van der Waals surface area contributed by atoms with Crippen molar-refractivity contribution in [1.82, 2.24) is 4.90 Å². The topological polar surface area (TPSA) is 29.3 Å². The molecule has 1 saturated carbocycles. The Kier molecular flexibility index (Phi) is 3.91. The Bertz CT molecular complexity index is 347. The van der Waals surface area contributed by atoms with Gasteiger partial charge in [0, 0.05) is 10.4 Å². The van der Waals surface area contributed by atoms with Crippen molar-refractivity contribution in [2.24, 2.45) is 11.7 Å². The van der Waals surface area contributed by atoms with Crippen molar-refractivity contribution in [3.05, 3.63) is 22.4 Å². The van der Waals surface area contributed by atoms with E-state index >= 15 is 0 Å². The van der Waals surface area contributed by atoms with Crippen molar-refractivity contribution in [3.63, 3.8) is 0 Å². The van der Waals surface area contributed by atoms with Crippen LogP contribution in [0.15, 0.2) is 17.5 Å². The zero-order chi connectivity index (χ0) is 12.5. The third-order valence-corrected chi connectivity index (χ3v) is 5.28. The van der Waals surface area contributed by atoms with E-state index < -0.39 is 0 Å². The maximum atomic E-state index is 6.58. The molecule has 2 rings (SSSR count). The summed E-state index contributed by atoms with van der Waals surface area (Å²) in [4.78, 5) is 3.69. The molecule has 3 atom stereocenters. The molecule has 96 valence electrons. The highest BCUT2D eigenvalue weighted by atomic mass is 32.1. The largest absolute Gasteiger partial charge is 0.322 e. The Balaban J connectivity index is 2.27. The molecule has 17 heavy (non-hydrogen) atoms. The Morgan fingerprint density at radius 1 is 1.53 bits per heavy atom. The van der Waals surface area contributed by atoms with Crippen LogP contribution in [0.2, 0.25) is 0 Å². The highest BCUT2D eigenvalue weighted by Crippen LogP contribution is 2.43. The molecule has 1 heterocycles. The lowest BCUT2D eigenvalue weighted by atomic mass is 9.71. The van der Waals surface area contributed by atoms with Crippen LogP contribution in [-0.4, -0.2) is 24.5 Å². The summed E-state index contributed by atoms with van der Waals surface area (Å²) in [5.74, 6) is 0.789. The van der Waals surface area contributed by atoms with Crippen LogP contribution in [0.4, 0.5) is 0 Å². The van der Waals surface area contributed by atoms with Crippen molar-refractivity contribution < 1.29 is 0 Å². The third-order valence-electron chi connectivity index (χ3n) is 4.33. The Labute approximate surface area is 109 Å².